The third-order valence-electron chi connectivity index (χ3n) is 4.32. The molecule has 132 valence electrons. The van der Waals surface area contributed by atoms with Crippen molar-refractivity contribution < 1.29 is 17.6 Å². The van der Waals surface area contributed by atoms with Crippen LogP contribution in [0.15, 0.2) is 47.4 Å². The van der Waals surface area contributed by atoms with Crippen LogP contribution in [-0.2, 0) is 26.8 Å². The maximum atomic E-state index is 13.7. The van der Waals surface area contributed by atoms with Crippen molar-refractivity contribution >= 4 is 21.6 Å². The van der Waals surface area contributed by atoms with Crippen molar-refractivity contribution in [1.29, 1.82) is 0 Å². The molecule has 3 rings (SSSR count). The molecule has 2 N–H and O–H groups in total. The van der Waals surface area contributed by atoms with Crippen molar-refractivity contribution in [3.63, 3.8) is 0 Å². The van der Waals surface area contributed by atoms with Crippen LogP contribution in [-0.4, -0.2) is 14.3 Å². The van der Waals surface area contributed by atoms with Crippen molar-refractivity contribution in [3.05, 3.63) is 59.4 Å². The molecule has 1 heterocycles. The highest BCUT2D eigenvalue weighted by Gasteiger charge is 2.33. The summed E-state index contributed by atoms with van der Waals surface area (Å²) in [4.78, 5) is 11.8. The molecule has 7 heteroatoms. The molecule has 0 aliphatic carbocycles. The Bertz CT molecular complexity index is 939. The van der Waals surface area contributed by atoms with Gasteiger partial charge in [-0.15, -0.1) is 0 Å². The van der Waals surface area contributed by atoms with E-state index < -0.39 is 21.3 Å². The second-order valence-electron chi connectivity index (χ2n) is 6.73. The first-order valence-corrected chi connectivity index (χ1v) is 9.35. The molecule has 1 amide bonds. The maximum absolute atomic E-state index is 13.7. The van der Waals surface area contributed by atoms with E-state index in [4.69, 9.17) is 0 Å². The number of benzene rings is 2. The Kier molecular flexibility index (Phi) is 4.38. The highest BCUT2D eigenvalue weighted by Crippen LogP contribution is 2.38. The molecule has 1 aliphatic heterocycles. The molecule has 5 nitrogen and oxygen atoms in total. The van der Waals surface area contributed by atoms with Crippen molar-refractivity contribution in [2.75, 3.05) is 5.32 Å². The van der Waals surface area contributed by atoms with E-state index in [0.717, 1.165) is 5.56 Å². The summed E-state index contributed by atoms with van der Waals surface area (Å²) in [5.41, 5.74) is 1.20. The lowest BCUT2D eigenvalue weighted by molar-refractivity contribution is -0.117. The first-order chi connectivity index (χ1) is 11.7. The van der Waals surface area contributed by atoms with E-state index in [0.29, 0.717) is 5.69 Å². The molecule has 0 aromatic heterocycles. The molecular formula is C18H19FN2O3S. The number of hydrogen-bond acceptors (Lipinski definition) is 3. The fourth-order valence-corrected chi connectivity index (χ4v) is 3.98. The summed E-state index contributed by atoms with van der Waals surface area (Å²) in [6, 6.07) is 10.6. The number of hydrogen-bond donors (Lipinski definition) is 2. The minimum Gasteiger partial charge on any atom is -0.326 e. The predicted octanol–water partition coefficient (Wildman–Crippen LogP) is 2.92. The smallest absolute Gasteiger partial charge is 0.240 e. The number of amides is 1. The first kappa shape index (κ1) is 17.6. The van der Waals surface area contributed by atoms with Crippen molar-refractivity contribution in [2.24, 2.45) is 0 Å². The molecule has 0 unspecified atom stereocenters. The van der Waals surface area contributed by atoms with Crippen LogP contribution >= 0.6 is 0 Å². The van der Waals surface area contributed by atoms with Gasteiger partial charge in [0.05, 0.1) is 4.90 Å². The van der Waals surface area contributed by atoms with E-state index in [1.807, 2.05) is 13.8 Å². The molecule has 0 saturated carbocycles. The molecule has 0 fully saturated rings. The molecule has 0 bridgehead atoms. The van der Waals surface area contributed by atoms with E-state index in [-0.39, 0.29) is 29.3 Å². The number of halogens is 1. The zero-order valence-corrected chi connectivity index (χ0v) is 14.8. The fourth-order valence-electron chi connectivity index (χ4n) is 2.95. The normalized spacial score (nSPS) is 16.2. The van der Waals surface area contributed by atoms with Gasteiger partial charge in [-0.25, -0.2) is 17.5 Å². The SMILES string of the molecule is CC1(C)CC(=O)Nc2ccc(S(=O)(=O)NCc3ccccc3F)cc21. The van der Waals surface area contributed by atoms with E-state index in [2.05, 4.69) is 10.0 Å². The van der Waals surface area contributed by atoms with Crippen LogP contribution < -0.4 is 10.0 Å². The molecule has 2 aromatic carbocycles. The third kappa shape index (κ3) is 3.57. The van der Waals surface area contributed by atoms with Crippen molar-refractivity contribution in [1.82, 2.24) is 4.72 Å². The second kappa shape index (κ2) is 6.24. The average molecular weight is 362 g/mol. The molecule has 0 atom stereocenters. The fraction of sp³-hybridized carbons (Fsp3) is 0.278. The monoisotopic (exact) mass is 362 g/mol. The lowest BCUT2D eigenvalue weighted by Gasteiger charge is -2.32. The average Bonchev–Trinajstić information content (AvgIpc) is 2.53. The standard InChI is InChI=1S/C18H19FN2O3S/c1-18(2)10-17(22)21-16-8-7-13(9-14(16)18)25(23,24)20-11-12-5-3-4-6-15(12)19/h3-9,20H,10-11H2,1-2H3,(H,21,22). The van der Waals surface area contributed by atoms with Gasteiger partial charge >= 0.3 is 0 Å². The van der Waals surface area contributed by atoms with Gasteiger partial charge in [0.1, 0.15) is 5.82 Å². The molecule has 0 radical (unpaired) electrons. The summed E-state index contributed by atoms with van der Waals surface area (Å²) < 4.78 is 41.2. The summed E-state index contributed by atoms with van der Waals surface area (Å²) in [6.07, 6.45) is 0.284. The highest BCUT2D eigenvalue weighted by molar-refractivity contribution is 7.89. The summed E-state index contributed by atoms with van der Waals surface area (Å²) in [5, 5.41) is 2.76. The van der Waals surface area contributed by atoms with Gasteiger partial charge in [0.25, 0.3) is 0 Å². The van der Waals surface area contributed by atoms with Gasteiger partial charge in [0.15, 0.2) is 0 Å². The van der Waals surface area contributed by atoms with Crippen molar-refractivity contribution in [2.45, 2.75) is 37.1 Å². The minimum absolute atomic E-state index is 0.0896. The number of nitrogens with one attached hydrogen (secondary N) is 2. The van der Waals surface area contributed by atoms with Gasteiger partial charge in [-0.1, -0.05) is 32.0 Å². The summed E-state index contributed by atoms with van der Waals surface area (Å²) in [7, 11) is -3.80. The predicted molar refractivity (Wildman–Crippen MR) is 93.1 cm³/mol. The van der Waals surface area contributed by atoms with Crippen LogP contribution in [0.2, 0.25) is 0 Å². The van der Waals surface area contributed by atoms with Crippen LogP contribution in [0.5, 0.6) is 0 Å². The number of carbonyl (C=O) groups excluding carboxylic acids is 1. The van der Waals surface area contributed by atoms with Crippen LogP contribution in [0.4, 0.5) is 10.1 Å². The Morgan fingerprint density at radius 2 is 1.92 bits per heavy atom. The molecule has 0 saturated heterocycles. The Morgan fingerprint density at radius 1 is 1.20 bits per heavy atom. The highest BCUT2D eigenvalue weighted by atomic mass is 32.2. The van der Waals surface area contributed by atoms with Crippen molar-refractivity contribution in [3.8, 4) is 0 Å². The number of carbonyl (C=O) groups is 1. The Morgan fingerprint density at radius 3 is 2.64 bits per heavy atom. The minimum atomic E-state index is -3.80. The number of anilines is 1. The second-order valence-corrected chi connectivity index (χ2v) is 8.50. The van der Waals surface area contributed by atoms with Crippen LogP contribution in [0.1, 0.15) is 31.4 Å². The Balaban J connectivity index is 1.89. The number of rotatable bonds is 4. The van der Waals surface area contributed by atoms with Gasteiger partial charge in [-0.05, 0) is 29.8 Å². The Labute approximate surface area is 146 Å². The molecule has 0 spiro atoms. The van der Waals surface area contributed by atoms with E-state index in [1.54, 1.807) is 24.3 Å². The first-order valence-electron chi connectivity index (χ1n) is 7.86. The summed E-state index contributed by atoms with van der Waals surface area (Å²) in [6.45, 7) is 3.66. The summed E-state index contributed by atoms with van der Waals surface area (Å²) in [5.74, 6) is -0.551. The topological polar surface area (TPSA) is 75.3 Å². The lowest BCUT2D eigenvalue weighted by Crippen LogP contribution is -2.33. The zero-order valence-electron chi connectivity index (χ0n) is 14.0. The summed E-state index contributed by atoms with van der Waals surface area (Å²) >= 11 is 0. The molecular weight excluding hydrogens is 343 g/mol. The zero-order chi connectivity index (χ0) is 18.2. The van der Waals surface area contributed by atoms with Crippen LogP contribution in [0, 0.1) is 5.82 Å². The molecule has 25 heavy (non-hydrogen) atoms. The van der Waals surface area contributed by atoms with Gasteiger partial charge in [0.2, 0.25) is 15.9 Å². The quantitative estimate of drug-likeness (QED) is 0.878. The third-order valence-corrected chi connectivity index (χ3v) is 5.72. The van der Waals surface area contributed by atoms with Gasteiger partial charge in [0, 0.05) is 29.6 Å². The largest absolute Gasteiger partial charge is 0.326 e. The van der Waals surface area contributed by atoms with E-state index in [1.165, 1.54) is 18.2 Å². The van der Waals surface area contributed by atoms with Crippen LogP contribution in [0.25, 0.3) is 0 Å². The number of fused-ring (bicyclic) bond motifs is 1. The lowest BCUT2D eigenvalue weighted by atomic mass is 9.78. The van der Waals surface area contributed by atoms with Gasteiger partial charge in [-0.2, -0.15) is 0 Å². The van der Waals surface area contributed by atoms with Crippen LogP contribution in [0.3, 0.4) is 0 Å². The molecule has 1 aliphatic rings. The van der Waals surface area contributed by atoms with E-state index in [9.17, 15) is 17.6 Å². The van der Waals surface area contributed by atoms with Gasteiger partial charge < -0.3 is 5.32 Å². The maximum Gasteiger partial charge on any atom is 0.240 e. The molecule has 2 aromatic rings. The van der Waals surface area contributed by atoms with E-state index >= 15 is 0 Å². The Hall–Kier alpha value is -2.25. The number of sulfonamides is 1. The van der Waals surface area contributed by atoms with Gasteiger partial charge in [-0.3, -0.25) is 4.79 Å².